The summed E-state index contributed by atoms with van der Waals surface area (Å²) in [5, 5.41) is 9.93. The van der Waals surface area contributed by atoms with Crippen LogP contribution in [0.25, 0.3) is 0 Å². The fourth-order valence-corrected chi connectivity index (χ4v) is 2.60. The minimum atomic E-state index is -0.937. The number of rotatable bonds is 8. The molecule has 0 bridgehead atoms. The predicted molar refractivity (Wildman–Crippen MR) is 85.3 cm³/mol. The van der Waals surface area contributed by atoms with Crippen LogP contribution in [0.3, 0.4) is 0 Å². The molecule has 0 saturated carbocycles. The number of allylic oxidation sites excluding steroid dienone is 1. The van der Waals surface area contributed by atoms with E-state index in [2.05, 4.69) is 18.4 Å². The van der Waals surface area contributed by atoms with Crippen molar-refractivity contribution >= 4 is 10.8 Å². The molecule has 0 aliphatic rings. The van der Waals surface area contributed by atoms with Gasteiger partial charge in [0.1, 0.15) is 0 Å². The van der Waals surface area contributed by atoms with Crippen molar-refractivity contribution in [1.29, 1.82) is 0 Å². The fourth-order valence-electron chi connectivity index (χ4n) is 2.08. The van der Waals surface area contributed by atoms with Gasteiger partial charge in [0.15, 0.2) is 0 Å². The monoisotopic (exact) mass is 295 g/mol. The molecular formula is C16H25NO2S. The third kappa shape index (κ3) is 5.19. The summed E-state index contributed by atoms with van der Waals surface area (Å²) in [6.07, 6.45) is 4.76. The molecule has 0 radical (unpaired) electrons. The molecule has 1 aromatic rings. The van der Waals surface area contributed by atoms with E-state index < -0.39 is 10.8 Å². The van der Waals surface area contributed by atoms with Crippen molar-refractivity contribution in [2.75, 3.05) is 19.8 Å². The maximum absolute atomic E-state index is 11.4. The van der Waals surface area contributed by atoms with Crippen LogP contribution in [0, 0.1) is 0 Å². The van der Waals surface area contributed by atoms with E-state index >= 15 is 0 Å². The minimum Gasteiger partial charge on any atom is -0.392 e. The number of hydrogen-bond donors (Lipinski definition) is 1. The van der Waals surface area contributed by atoms with Gasteiger partial charge in [-0.1, -0.05) is 18.2 Å². The summed E-state index contributed by atoms with van der Waals surface area (Å²) in [5.41, 5.74) is 1.16. The molecule has 0 amide bonds. The summed E-state index contributed by atoms with van der Waals surface area (Å²) in [4.78, 5) is 2.97. The second-order valence-electron chi connectivity index (χ2n) is 5.16. The Morgan fingerprint density at radius 1 is 1.40 bits per heavy atom. The van der Waals surface area contributed by atoms with Gasteiger partial charge in [-0.15, -0.1) is 6.58 Å². The number of benzene rings is 1. The van der Waals surface area contributed by atoms with E-state index in [1.165, 1.54) is 0 Å². The average molecular weight is 295 g/mol. The maximum atomic E-state index is 11.4. The largest absolute Gasteiger partial charge is 0.392 e. The molecular weight excluding hydrogens is 270 g/mol. The number of aliphatic hydroxyl groups excluding tert-OH is 1. The zero-order chi connectivity index (χ0) is 15.1. The molecule has 0 spiro atoms. The molecule has 112 valence electrons. The first kappa shape index (κ1) is 17.1. The summed E-state index contributed by atoms with van der Waals surface area (Å²) in [6, 6.07) is 8.04. The van der Waals surface area contributed by atoms with Crippen molar-refractivity contribution in [1.82, 2.24) is 4.90 Å². The van der Waals surface area contributed by atoms with Crippen molar-refractivity contribution in [3.63, 3.8) is 0 Å². The van der Waals surface area contributed by atoms with Crippen LogP contribution in [-0.2, 0) is 10.8 Å². The molecule has 3 atom stereocenters. The van der Waals surface area contributed by atoms with E-state index in [9.17, 15) is 9.32 Å². The smallest absolute Gasteiger partial charge is 0.0670 e. The highest BCUT2D eigenvalue weighted by molar-refractivity contribution is 7.84. The van der Waals surface area contributed by atoms with Crippen LogP contribution < -0.4 is 0 Å². The van der Waals surface area contributed by atoms with Gasteiger partial charge in [-0.25, -0.2) is 0 Å². The van der Waals surface area contributed by atoms with E-state index in [0.29, 0.717) is 6.54 Å². The summed E-state index contributed by atoms with van der Waals surface area (Å²) < 4.78 is 11.4. The first-order valence-corrected chi connectivity index (χ1v) is 8.44. The molecule has 0 aliphatic heterocycles. The van der Waals surface area contributed by atoms with Gasteiger partial charge in [0.2, 0.25) is 0 Å². The summed E-state index contributed by atoms with van der Waals surface area (Å²) >= 11 is 0. The van der Waals surface area contributed by atoms with Crippen LogP contribution in [-0.4, -0.2) is 40.2 Å². The summed E-state index contributed by atoms with van der Waals surface area (Å²) in [7, 11) is 1.07. The van der Waals surface area contributed by atoms with Gasteiger partial charge in [0, 0.05) is 34.5 Å². The summed E-state index contributed by atoms with van der Waals surface area (Å²) in [5.74, 6) is 0. The van der Waals surface area contributed by atoms with Crippen molar-refractivity contribution in [2.45, 2.75) is 36.8 Å². The first-order chi connectivity index (χ1) is 9.45. The molecule has 0 fully saturated rings. The van der Waals surface area contributed by atoms with Gasteiger partial charge in [-0.2, -0.15) is 0 Å². The topological polar surface area (TPSA) is 40.5 Å². The highest BCUT2D eigenvalue weighted by atomic mass is 32.2. The lowest BCUT2D eigenvalue weighted by molar-refractivity contribution is 0.102. The van der Waals surface area contributed by atoms with Crippen LogP contribution in [0.2, 0.25) is 0 Å². The highest BCUT2D eigenvalue weighted by Crippen LogP contribution is 2.20. The Labute approximate surface area is 124 Å². The molecule has 0 aromatic heterocycles. The van der Waals surface area contributed by atoms with E-state index in [1.807, 2.05) is 37.4 Å². The van der Waals surface area contributed by atoms with Gasteiger partial charge in [-0.3, -0.25) is 9.11 Å². The SMILES string of the molecule is C=CCCC(O)CN(C)C(C)c1ccc(S(C)=O)cc1. The van der Waals surface area contributed by atoms with Crippen LogP contribution in [0.5, 0.6) is 0 Å². The van der Waals surface area contributed by atoms with Gasteiger partial charge in [-0.05, 0) is 44.5 Å². The lowest BCUT2D eigenvalue weighted by Gasteiger charge is -2.27. The fraction of sp³-hybridized carbons (Fsp3) is 0.500. The van der Waals surface area contributed by atoms with E-state index in [-0.39, 0.29) is 12.1 Å². The molecule has 3 unspecified atom stereocenters. The lowest BCUT2D eigenvalue weighted by atomic mass is 10.1. The quantitative estimate of drug-likeness (QED) is 0.750. The summed E-state index contributed by atoms with van der Waals surface area (Å²) in [6.45, 7) is 6.41. The molecule has 1 aromatic carbocycles. The van der Waals surface area contributed by atoms with Crippen LogP contribution in [0.15, 0.2) is 41.8 Å². The number of hydrogen-bond acceptors (Lipinski definition) is 3. The molecule has 1 rings (SSSR count). The Bertz CT molecular complexity index is 444. The Hall–Kier alpha value is -0.970. The predicted octanol–water partition coefficient (Wildman–Crippen LogP) is 2.74. The number of likely N-dealkylation sites (N-methyl/N-ethyl adjacent to an activating group) is 1. The standard InChI is InChI=1S/C16H25NO2S/c1-5-6-7-15(18)12-17(3)13(2)14-8-10-16(11-9-14)20(4)19/h5,8-11,13,15,18H,1,6-7,12H2,2-4H3. The number of nitrogens with zero attached hydrogens (tertiary/aromatic N) is 1. The van der Waals surface area contributed by atoms with E-state index in [0.717, 1.165) is 23.3 Å². The number of aliphatic hydroxyl groups is 1. The van der Waals surface area contributed by atoms with Crippen LogP contribution >= 0.6 is 0 Å². The zero-order valence-electron chi connectivity index (χ0n) is 12.6. The first-order valence-electron chi connectivity index (χ1n) is 6.88. The Kier molecular flexibility index (Phi) is 7.13. The van der Waals surface area contributed by atoms with Gasteiger partial charge in [0.05, 0.1) is 6.10 Å². The lowest BCUT2D eigenvalue weighted by Crippen LogP contribution is -2.31. The zero-order valence-corrected chi connectivity index (χ0v) is 13.4. The van der Waals surface area contributed by atoms with Gasteiger partial charge >= 0.3 is 0 Å². The maximum Gasteiger partial charge on any atom is 0.0670 e. The van der Waals surface area contributed by atoms with Crippen molar-refractivity contribution < 1.29 is 9.32 Å². The van der Waals surface area contributed by atoms with Crippen LogP contribution in [0.4, 0.5) is 0 Å². The Balaban J connectivity index is 2.61. The molecule has 0 aliphatic carbocycles. The Morgan fingerprint density at radius 2 is 2.00 bits per heavy atom. The van der Waals surface area contributed by atoms with Crippen LogP contribution in [0.1, 0.15) is 31.4 Å². The average Bonchev–Trinajstić information content (AvgIpc) is 2.44. The second kappa shape index (κ2) is 8.35. The van der Waals surface area contributed by atoms with Gasteiger partial charge < -0.3 is 5.11 Å². The van der Waals surface area contributed by atoms with E-state index in [1.54, 1.807) is 6.26 Å². The van der Waals surface area contributed by atoms with Crippen molar-refractivity contribution in [3.05, 3.63) is 42.5 Å². The molecule has 4 heteroatoms. The molecule has 0 saturated heterocycles. The third-order valence-corrected chi connectivity index (χ3v) is 4.49. The Morgan fingerprint density at radius 3 is 2.50 bits per heavy atom. The molecule has 20 heavy (non-hydrogen) atoms. The third-order valence-electron chi connectivity index (χ3n) is 3.56. The molecule has 0 heterocycles. The van der Waals surface area contributed by atoms with Gasteiger partial charge in [0.25, 0.3) is 0 Å². The van der Waals surface area contributed by atoms with E-state index in [4.69, 9.17) is 0 Å². The minimum absolute atomic E-state index is 0.215. The van der Waals surface area contributed by atoms with Crippen molar-refractivity contribution in [3.8, 4) is 0 Å². The normalized spacial score (nSPS) is 15.8. The highest BCUT2D eigenvalue weighted by Gasteiger charge is 2.15. The second-order valence-corrected chi connectivity index (χ2v) is 6.54. The molecule has 3 nitrogen and oxygen atoms in total. The van der Waals surface area contributed by atoms with Crippen molar-refractivity contribution in [2.24, 2.45) is 0 Å². The molecule has 1 N–H and O–H groups in total.